The lowest BCUT2D eigenvalue weighted by Crippen LogP contribution is -2.13. The molecule has 2 aromatic rings. The van der Waals surface area contributed by atoms with Crippen LogP contribution in [-0.4, -0.2) is 19.6 Å². The minimum atomic E-state index is -0.455. The van der Waals surface area contributed by atoms with Crippen molar-refractivity contribution in [3.8, 4) is 17.6 Å². The summed E-state index contributed by atoms with van der Waals surface area (Å²) in [6.45, 7) is 2.81. The lowest BCUT2D eigenvalue weighted by atomic mass is 10.1. The first-order valence-corrected chi connectivity index (χ1v) is 9.47. The number of benzene rings is 2. The number of nitrogens with zero attached hydrogens (tertiary/aromatic N) is 1. The van der Waals surface area contributed by atoms with Gasteiger partial charge in [-0.25, -0.2) is 0 Å². The second kappa shape index (κ2) is 11.5. The highest BCUT2D eigenvalue weighted by Crippen LogP contribution is 2.29. The molecule has 0 fully saturated rings. The Kier molecular flexibility index (Phi) is 8.61. The second-order valence-electron chi connectivity index (χ2n) is 6.31. The Morgan fingerprint density at radius 1 is 1.11 bits per heavy atom. The highest BCUT2D eigenvalue weighted by atomic mass is 16.5. The molecule has 1 amide bonds. The smallest absolute Gasteiger partial charge is 0.266 e. The molecule has 0 unspecified atom stereocenters. The molecule has 0 aromatic heterocycles. The molecule has 5 heteroatoms. The van der Waals surface area contributed by atoms with Crippen LogP contribution in [0.2, 0.25) is 0 Å². The molecule has 5 nitrogen and oxygen atoms in total. The SMILES string of the molecule is CCCCCCOc1ccc(/C=C(\C#N)C(=O)Nc2ccccc2)cc1OC. The molecule has 0 atom stereocenters. The van der Waals surface area contributed by atoms with E-state index in [1.807, 2.05) is 24.3 Å². The summed E-state index contributed by atoms with van der Waals surface area (Å²) in [7, 11) is 1.57. The maximum Gasteiger partial charge on any atom is 0.266 e. The van der Waals surface area contributed by atoms with Gasteiger partial charge in [0.2, 0.25) is 0 Å². The van der Waals surface area contributed by atoms with Gasteiger partial charge in [-0.2, -0.15) is 5.26 Å². The fraction of sp³-hybridized carbons (Fsp3) is 0.304. The van der Waals surface area contributed by atoms with Gasteiger partial charge < -0.3 is 14.8 Å². The van der Waals surface area contributed by atoms with Gasteiger partial charge in [-0.1, -0.05) is 50.5 Å². The number of hydrogen-bond donors (Lipinski definition) is 1. The standard InChI is InChI=1S/C23H26N2O3/c1-3-4-5-9-14-28-21-13-12-18(16-22(21)27-2)15-19(17-24)23(26)25-20-10-7-6-8-11-20/h6-8,10-13,15-16H,3-5,9,14H2,1-2H3,(H,25,26)/b19-15+. The summed E-state index contributed by atoms with van der Waals surface area (Å²) in [5.74, 6) is 0.775. The largest absolute Gasteiger partial charge is 0.493 e. The summed E-state index contributed by atoms with van der Waals surface area (Å²) in [5.41, 5.74) is 1.34. The first-order valence-electron chi connectivity index (χ1n) is 9.47. The van der Waals surface area contributed by atoms with Crippen LogP contribution in [0.5, 0.6) is 11.5 Å². The summed E-state index contributed by atoms with van der Waals surface area (Å²) < 4.78 is 11.2. The van der Waals surface area contributed by atoms with E-state index in [-0.39, 0.29) is 5.57 Å². The van der Waals surface area contributed by atoms with Gasteiger partial charge in [0.05, 0.1) is 13.7 Å². The van der Waals surface area contributed by atoms with Gasteiger partial charge in [0.1, 0.15) is 11.6 Å². The number of carbonyl (C=O) groups is 1. The number of methoxy groups -OCH3 is 1. The molecule has 0 spiro atoms. The molecule has 0 aliphatic heterocycles. The van der Waals surface area contributed by atoms with Crippen molar-refractivity contribution < 1.29 is 14.3 Å². The van der Waals surface area contributed by atoms with Crippen molar-refractivity contribution >= 4 is 17.7 Å². The third-order valence-electron chi connectivity index (χ3n) is 4.15. The molecule has 28 heavy (non-hydrogen) atoms. The van der Waals surface area contributed by atoms with E-state index in [4.69, 9.17) is 9.47 Å². The van der Waals surface area contributed by atoms with Gasteiger partial charge in [-0.3, -0.25) is 4.79 Å². The van der Waals surface area contributed by atoms with E-state index in [1.165, 1.54) is 18.9 Å². The Bertz CT molecular complexity index is 839. The number of para-hydroxylation sites is 1. The number of hydrogen-bond acceptors (Lipinski definition) is 4. The average Bonchev–Trinajstić information content (AvgIpc) is 2.73. The van der Waals surface area contributed by atoms with Crippen LogP contribution >= 0.6 is 0 Å². The van der Waals surface area contributed by atoms with Gasteiger partial charge in [0.25, 0.3) is 5.91 Å². The van der Waals surface area contributed by atoms with Crippen LogP contribution in [0.4, 0.5) is 5.69 Å². The van der Waals surface area contributed by atoms with Gasteiger partial charge in [-0.15, -0.1) is 0 Å². The molecule has 0 heterocycles. The van der Waals surface area contributed by atoms with Crippen molar-refractivity contribution in [1.82, 2.24) is 0 Å². The molecule has 0 saturated carbocycles. The van der Waals surface area contributed by atoms with Gasteiger partial charge >= 0.3 is 0 Å². The Balaban J connectivity index is 2.08. The molecule has 0 radical (unpaired) electrons. The Morgan fingerprint density at radius 2 is 1.89 bits per heavy atom. The monoisotopic (exact) mass is 378 g/mol. The zero-order valence-electron chi connectivity index (χ0n) is 16.4. The number of anilines is 1. The molecule has 146 valence electrons. The van der Waals surface area contributed by atoms with E-state index in [2.05, 4.69) is 12.2 Å². The Hall–Kier alpha value is -3.26. The Labute approximate surface area is 166 Å². The predicted octanol–water partition coefficient (Wildman–Crippen LogP) is 5.20. The maximum atomic E-state index is 12.3. The normalized spacial score (nSPS) is 10.8. The van der Waals surface area contributed by atoms with E-state index in [1.54, 1.807) is 37.4 Å². The molecular formula is C23H26N2O3. The first-order chi connectivity index (χ1) is 13.7. The number of ether oxygens (including phenoxy) is 2. The van der Waals surface area contributed by atoms with Crippen molar-refractivity contribution in [2.75, 3.05) is 19.0 Å². The minimum absolute atomic E-state index is 0.0131. The number of unbranched alkanes of at least 4 members (excludes halogenated alkanes) is 3. The molecule has 2 rings (SSSR count). The molecule has 1 N–H and O–H groups in total. The molecular weight excluding hydrogens is 352 g/mol. The quantitative estimate of drug-likeness (QED) is 0.350. The number of nitriles is 1. The van der Waals surface area contributed by atoms with Crippen molar-refractivity contribution in [2.24, 2.45) is 0 Å². The zero-order chi connectivity index (χ0) is 20.2. The Morgan fingerprint density at radius 3 is 2.57 bits per heavy atom. The summed E-state index contributed by atoms with van der Waals surface area (Å²) in [6.07, 6.45) is 6.06. The van der Waals surface area contributed by atoms with Crippen LogP contribution < -0.4 is 14.8 Å². The van der Waals surface area contributed by atoms with Crippen molar-refractivity contribution in [3.63, 3.8) is 0 Å². The van der Waals surface area contributed by atoms with Crippen molar-refractivity contribution in [1.29, 1.82) is 5.26 Å². The van der Waals surface area contributed by atoms with Crippen LogP contribution in [-0.2, 0) is 4.79 Å². The summed E-state index contributed by atoms with van der Waals surface area (Å²) in [5, 5.41) is 12.1. The number of rotatable bonds is 10. The lowest BCUT2D eigenvalue weighted by Gasteiger charge is -2.11. The highest BCUT2D eigenvalue weighted by molar-refractivity contribution is 6.09. The number of carbonyl (C=O) groups excluding carboxylic acids is 1. The first kappa shape index (κ1) is 21.0. The van der Waals surface area contributed by atoms with Crippen LogP contribution in [0, 0.1) is 11.3 Å². The van der Waals surface area contributed by atoms with Crippen LogP contribution in [0.25, 0.3) is 6.08 Å². The van der Waals surface area contributed by atoms with E-state index < -0.39 is 5.91 Å². The average molecular weight is 378 g/mol. The van der Waals surface area contributed by atoms with E-state index in [9.17, 15) is 10.1 Å². The minimum Gasteiger partial charge on any atom is -0.493 e. The number of amides is 1. The molecule has 0 saturated heterocycles. The summed E-state index contributed by atoms with van der Waals surface area (Å²) in [4.78, 5) is 12.3. The van der Waals surface area contributed by atoms with E-state index in [0.29, 0.717) is 29.4 Å². The highest BCUT2D eigenvalue weighted by Gasteiger charge is 2.11. The molecule has 0 aliphatic rings. The molecule has 0 bridgehead atoms. The van der Waals surface area contributed by atoms with Gasteiger partial charge in [-0.05, 0) is 42.3 Å². The van der Waals surface area contributed by atoms with Gasteiger partial charge in [0.15, 0.2) is 11.5 Å². The second-order valence-corrected chi connectivity index (χ2v) is 6.31. The molecule has 2 aromatic carbocycles. The van der Waals surface area contributed by atoms with Crippen molar-refractivity contribution in [3.05, 3.63) is 59.7 Å². The van der Waals surface area contributed by atoms with Crippen molar-refractivity contribution in [2.45, 2.75) is 32.6 Å². The van der Waals surface area contributed by atoms with Crippen LogP contribution in [0.15, 0.2) is 54.1 Å². The topological polar surface area (TPSA) is 71.3 Å². The third kappa shape index (κ3) is 6.48. The van der Waals surface area contributed by atoms with Crippen LogP contribution in [0.1, 0.15) is 38.2 Å². The van der Waals surface area contributed by atoms with E-state index in [0.717, 1.165) is 12.8 Å². The number of nitrogens with one attached hydrogen (secondary N) is 1. The fourth-order valence-corrected chi connectivity index (χ4v) is 2.64. The molecule has 0 aliphatic carbocycles. The zero-order valence-corrected chi connectivity index (χ0v) is 16.4. The lowest BCUT2D eigenvalue weighted by molar-refractivity contribution is -0.112. The maximum absolute atomic E-state index is 12.3. The predicted molar refractivity (Wildman–Crippen MR) is 111 cm³/mol. The summed E-state index contributed by atoms with van der Waals surface area (Å²) in [6, 6.07) is 16.3. The fourth-order valence-electron chi connectivity index (χ4n) is 2.64. The van der Waals surface area contributed by atoms with E-state index >= 15 is 0 Å². The third-order valence-corrected chi connectivity index (χ3v) is 4.15. The van der Waals surface area contributed by atoms with Gasteiger partial charge in [0, 0.05) is 5.69 Å². The van der Waals surface area contributed by atoms with Crippen LogP contribution in [0.3, 0.4) is 0 Å². The summed E-state index contributed by atoms with van der Waals surface area (Å²) >= 11 is 0.